The Morgan fingerprint density at radius 2 is 2.03 bits per heavy atom. The summed E-state index contributed by atoms with van der Waals surface area (Å²) in [5.74, 6) is -0.467. The summed E-state index contributed by atoms with van der Waals surface area (Å²) < 4.78 is 47.7. The van der Waals surface area contributed by atoms with Crippen LogP contribution in [-0.2, 0) is 16.1 Å². The first kappa shape index (κ1) is 25.0. The number of likely N-dealkylation sites (tertiary alicyclic amines) is 1. The predicted octanol–water partition coefficient (Wildman–Crippen LogP) is 3.92. The van der Waals surface area contributed by atoms with Crippen LogP contribution in [0.25, 0.3) is 11.2 Å². The monoisotopic (exact) mass is 515 g/mol. The molecule has 2 aliphatic heterocycles. The summed E-state index contributed by atoms with van der Waals surface area (Å²) >= 11 is 0. The zero-order chi connectivity index (χ0) is 26.2. The number of imidazole rings is 1. The van der Waals surface area contributed by atoms with Crippen LogP contribution in [-0.4, -0.2) is 69.7 Å². The van der Waals surface area contributed by atoms with E-state index in [4.69, 9.17) is 4.74 Å². The van der Waals surface area contributed by atoms with E-state index in [-0.39, 0.29) is 24.3 Å². The number of carbonyl (C=O) groups excluding carboxylic acids is 1. The molecule has 2 aliphatic rings. The van der Waals surface area contributed by atoms with Crippen molar-refractivity contribution < 1.29 is 22.7 Å². The molecule has 12 heteroatoms. The van der Waals surface area contributed by atoms with Crippen LogP contribution in [0.1, 0.15) is 30.9 Å². The van der Waals surface area contributed by atoms with E-state index in [1.165, 1.54) is 6.33 Å². The van der Waals surface area contributed by atoms with Gasteiger partial charge in [0.1, 0.15) is 5.52 Å². The molecule has 3 aromatic rings. The van der Waals surface area contributed by atoms with Gasteiger partial charge in [0.2, 0.25) is 5.91 Å². The zero-order valence-electron chi connectivity index (χ0n) is 20.6. The summed E-state index contributed by atoms with van der Waals surface area (Å²) in [5, 5.41) is 4.50. The molecule has 5 rings (SSSR count). The molecule has 0 bridgehead atoms. The number of benzene rings is 1. The average Bonchev–Trinajstić information content (AvgIpc) is 3.45. The Labute approximate surface area is 211 Å². The van der Waals surface area contributed by atoms with Gasteiger partial charge in [-0.2, -0.15) is 5.10 Å². The summed E-state index contributed by atoms with van der Waals surface area (Å²) in [6.07, 6.45) is -3.25. The summed E-state index contributed by atoms with van der Waals surface area (Å²) in [7, 11) is 0. The number of pyridine rings is 1. The van der Waals surface area contributed by atoms with Crippen molar-refractivity contribution >= 4 is 34.3 Å². The summed E-state index contributed by atoms with van der Waals surface area (Å²) in [6, 6.07) is 8.79. The molecule has 2 aromatic heterocycles. The maximum absolute atomic E-state index is 13.5. The van der Waals surface area contributed by atoms with Gasteiger partial charge in [-0.25, -0.2) is 14.9 Å². The van der Waals surface area contributed by atoms with E-state index in [0.29, 0.717) is 43.3 Å². The molecule has 0 aliphatic carbocycles. The Hall–Kier alpha value is -3.67. The first-order chi connectivity index (χ1) is 17.7. The summed E-state index contributed by atoms with van der Waals surface area (Å²) in [4.78, 5) is 23.3. The van der Waals surface area contributed by atoms with Crippen LogP contribution in [0.3, 0.4) is 0 Å². The standard InChI is InChI=1S/C25H28F3N7O2/c1-16-4-3-5-18(12-16)17(2)31-32-21-13-20(33-8-10-37-11-9-33)23-24(30-21)34(15-29-23)14-19-6-7-22(36)35(19)25(26,27)28/h3-5,12-13,15,19H,6-11,14H2,1-2H3,(H,30,32)/b31-17+/t19-/m1/s1. The van der Waals surface area contributed by atoms with Gasteiger partial charge in [0.25, 0.3) is 0 Å². The average molecular weight is 516 g/mol. The molecular formula is C25H28F3N7O2. The van der Waals surface area contributed by atoms with E-state index in [9.17, 15) is 18.0 Å². The lowest BCUT2D eigenvalue weighted by Crippen LogP contribution is -2.45. The van der Waals surface area contributed by atoms with Crippen LogP contribution >= 0.6 is 0 Å². The largest absolute Gasteiger partial charge is 0.487 e. The number of nitrogens with zero attached hydrogens (tertiary/aromatic N) is 6. The molecule has 0 saturated carbocycles. The fourth-order valence-electron chi connectivity index (χ4n) is 4.82. The fraction of sp³-hybridized carbons (Fsp3) is 0.440. The van der Waals surface area contributed by atoms with Crippen LogP contribution in [0.2, 0.25) is 0 Å². The lowest BCUT2D eigenvalue weighted by Gasteiger charge is -2.29. The smallest absolute Gasteiger partial charge is 0.378 e. The lowest BCUT2D eigenvalue weighted by molar-refractivity contribution is -0.245. The molecule has 1 aromatic carbocycles. The van der Waals surface area contributed by atoms with Crippen molar-refractivity contribution in [1.29, 1.82) is 0 Å². The third-order valence-electron chi connectivity index (χ3n) is 6.68. The summed E-state index contributed by atoms with van der Waals surface area (Å²) in [5.41, 5.74) is 7.66. The van der Waals surface area contributed by atoms with Crippen LogP contribution < -0.4 is 10.3 Å². The van der Waals surface area contributed by atoms with Crippen molar-refractivity contribution in [1.82, 2.24) is 19.4 Å². The normalized spacial score (nSPS) is 19.2. The maximum Gasteiger partial charge on any atom is 0.487 e. The minimum absolute atomic E-state index is 0.0271. The van der Waals surface area contributed by atoms with Crippen LogP contribution in [0.4, 0.5) is 24.7 Å². The summed E-state index contributed by atoms with van der Waals surface area (Å²) in [6.45, 7) is 6.24. The van der Waals surface area contributed by atoms with E-state index in [2.05, 4.69) is 25.4 Å². The van der Waals surface area contributed by atoms with Gasteiger partial charge in [-0.05, 0) is 25.8 Å². The number of fused-ring (bicyclic) bond motifs is 1. The number of hydrogen-bond donors (Lipinski definition) is 1. The van der Waals surface area contributed by atoms with Crippen molar-refractivity contribution in [3.63, 3.8) is 0 Å². The number of carbonyl (C=O) groups is 1. The number of alkyl halides is 3. The van der Waals surface area contributed by atoms with Gasteiger partial charge < -0.3 is 14.2 Å². The number of halogens is 3. The SMILES string of the molecule is C/C(=N\Nc1cc(N2CCOCC2)c2ncn(C[C@H]3CCC(=O)N3C(F)(F)F)c2n1)c1cccc(C)c1. The number of anilines is 2. The zero-order valence-corrected chi connectivity index (χ0v) is 20.6. The highest BCUT2D eigenvalue weighted by Crippen LogP contribution is 2.34. The predicted molar refractivity (Wildman–Crippen MR) is 133 cm³/mol. The molecule has 196 valence electrons. The molecule has 1 amide bonds. The molecule has 1 atom stereocenters. The minimum atomic E-state index is -4.73. The van der Waals surface area contributed by atoms with Crippen molar-refractivity contribution in [2.75, 3.05) is 36.6 Å². The maximum atomic E-state index is 13.5. The quantitative estimate of drug-likeness (QED) is 0.304. The first-order valence-electron chi connectivity index (χ1n) is 12.2. The molecule has 0 unspecified atom stereocenters. The molecule has 0 spiro atoms. The minimum Gasteiger partial charge on any atom is -0.378 e. The van der Waals surface area contributed by atoms with Crippen LogP contribution in [0.5, 0.6) is 0 Å². The molecule has 2 saturated heterocycles. The van der Waals surface area contributed by atoms with Crippen molar-refractivity contribution in [2.45, 2.75) is 45.6 Å². The van der Waals surface area contributed by atoms with Crippen LogP contribution in [0, 0.1) is 6.92 Å². The molecule has 37 heavy (non-hydrogen) atoms. The van der Waals surface area contributed by atoms with Gasteiger partial charge in [-0.1, -0.05) is 29.8 Å². The van der Waals surface area contributed by atoms with E-state index in [1.54, 1.807) is 4.57 Å². The number of aryl methyl sites for hydroxylation is 1. The second kappa shape index (κ2) is 10.0. The van der Waals surface area contributed by atoms with E-state index < -0.39 is 18.2 Å². The van der Waals surface area contributed by atoms with E-state index >= 15 is 0 Å². The molecule has 4 heterocycles. The van der Waals surface area contributed by atoms with E-state index in [0.717, 1.165) is 22.5 Å². The highest BCUT2D eigenvalue weighted by atomic mass is 19.4. The number of hydrogen-bond acceptors (Lipinski definition) is 7. The van der Waals surface area contributed by atoms with Crippen molar-refractivity contribution in [3.8, 4) is 0 Å². The second-order valence-electron chi connectivity index (χ2n) is 9.30. The van der Waals surface area contributed by atoms with Gasteiger partial charge in [0.05, 0.1) is 37.0 Å². The van der Waals surface area contributed by atoms with Gasteiger partial charge in [-0.3, -0.25) is 10.2 Å². The Kier molecular flexibility index (Phi) is 6.76. The number of morpholine rings is 1. The molecule has 0 radical (unpaired) electrons. The van der Waals surface area contributed by atoms with Crippen molar-refractivity contribution in [3.05, 3.63) is 47.8 Å². The number of amides is 1. The third kappa shape index (κ3) is 5.24. The molecular weight excluding hydrogens is 487 g/mol. The number of hydrazone groups is 1. The molecule has 1 N–H and O–H groups in total. The van der Waals surface area contributed by atoms with Crippen molar-refractivity contribution in [2.24, 2.45) is 5.10 Å². The Bertz CT molecular complexity index is 1330. The molecule has 9 nitrogen and oxygen atoms in total. The van der Waals surface area contributed by atoms with Crippen LogP contribution in [0.15, 0.2) is 41.8 Å². The number of aromatic nitrogens is 3. The first-order valence-corrected chi connectivity index (χ1v) is 12.2. The number of rotatable bonds is 6. The lowest BCUT2D eigenvalue weighted by atomic mass is 10.1. The highest BCUT2D eigenvalue weighted by molar-refractivity contribution is 5.99. The van der Waals surface area contributed by atoms with Gasteiger partial charge in [0.15, 0.2) is 11.5 Å². The highest BCUT2D eigenvalue weighted by Gasteiger charge is 2.48. The van der Waals surface area contributed by atoms with Gasteiger partial charge in [0, 0.05) is 32.1 Å². The Balaban J connectivity index is 1.50. The van der Waals surface area contributed by atoms with Gasteiger partial charge in [-0.15, -0.1) is 13.2 Å². The third-order valence-corrected chi connectivity index (χ3v) is 6.68. The Morgan fingerprint density at radius 1 is 1.24 bits per heavy atom. The van der Waals surface area contributed by atoms with Gasteiger partial charge >= 0.3 is 6.30 Å². The molecule has 2 fully saturated rings. The van der Waals surface area contributed by atoms with E-state index in [1.807, 2.05) is 44.2 Å². The number of nitrogens with one attached hydrogen (secondary N) is 1. The second-order valence-corrected chi connectivity index (χ2v) is 9.30. The Morgan fingerprint density at radius 3 is 2.76 bits per heavy atom. The number of ether oxygens (including phenoxy) is 1. The topological polar surface area (TPSA) is 87.9 Å². The fourth-order valence-corrected chi connectivity index (χ4v) is 4.82.